The number of carbonyl (C=O) groups is 1. The van der Waals surface area contributed by atoms with E-state index in [1.807, 2.05) is 26.0 Å². The third-order valence-electron chi connectivity index (χ3n) is 7.11. The van der Waals surface area contributed by atoms with E-state index >= 15 is 0 Å². The maximum Gasteiger partial charge on any atom is 0.311 e. The van der Waals surface area contributed by atoms with Crippen LogP contribution >= 0.6 is 0 Å². The summed E-state index contributed by atoms with van der Waals surface area (Å²) in [6, 6.07) is 8.19. The maximum atomic E-state index is 12.7. The molecule has 4 rings (SSSR count). The third kappa shape index (κ3) is 4.35. The molecule has 7 heteroatoms. The highest BCUT2D eigenvalue weighted by atomic mass is 16.5. The number of ether oxygens (including phenoxy) is 2. The average molecular weight is 440 g/mol. The van der Waals surface area contributed by atoms with Gasteiger partial charge >= 0.3 is 5.97 Å². The number of aromatic amines is 1. The number of hydrogen-bond donors (Lipinski definition) is 2. The second kappa shape index (κ2) is 9.51. The number of carbonyl (C=O) groups excluding carboxylic acids is 1. The number of methoxy groups -OCH3 is 1. The number of aliphatic hydroxyl groups is 1. The van der Waals surface area contributed by atoms with E-state index in [0.29, 0.717) is 25.9 Å². The number of hydrogen-bond acceptors (Lipinski definition) is 6. The molecule has 1 saturated carbocycles. The lowest BCUT2D eigenvalue weighted by atomic mass is 9.67. The van der Waals surface area contributed by atoms with Crippen LogP contribution < -0.4 is 0 Å². The van der Waals surface area contributed by atoms with E-state index in [0.717, 1.165) is 35.0 Å². The summed E-state index contributed by atoms with van der Waals surface area (Å²) in [6.45, 7) is 5.22. The third-order valence-corrected chi connectivity index (χ3v) is 7.11. The SMILES string of the molecule is COC(=O)[C@@H]1[C@H]2C[C@H](OC(C)C)c3[nH]c4ccccc4c3CCN(C#N)C[C@@H]2CC[C@@H]1O. The highest BCUT2D eigenvalue weighted by Gasteiger charge is 2.46. The molecule has 1 aromatic heterocycles. The van der Waals surface area contributed by atoms with Crippen LogP contribution in [0.3, 0.4) is 0 Å². The van der Waals surface area contributed by atoms with Crippen LogP contribution in [0.4, 0.5) is 0 Å². The minimum atomic E-state index is -0.746. The Hall–Kier alpha value is -2.56. The van der Waals surface area contributed by atoms with Crippen molar-refractivity contribution in [1.29, 1.82) is 5.26 Å². The fourth-order valence-corrected chi connectivity index (χ4v) is 5.68. The summed E-state index contributed by atoms with van der Waals surface area (Å²) >= 11 is 0. The molecule has 0 unspecified atom stereocenters. The molecule has 2 N–H and O–H groups in total. The number of para-hydroxylation sites is 1. The van der Waals surface area contributed by atoms with E-state index in [9.17, 15) is 15.2 Å². The number of fused-ring (bicyclic) bond motifs is 4. The molecule has 2 aliphatic rings. The lowest BCUT2D eigenvalue weighted by Gasteiger charge is -2.43. The van der Waals surface area contributed by atoms with Crippen LogP contribution in [0.2, 0.25) is 0 Å². The second-order valence-corrected chi connectivity index (χ2v) is 9.39. The topological polar surface area (TPSA) is 98.6 Å². The van der Waals surface area contributed by atoms with Crippen LogP contribution in [-0.4, -0.2) is 53.4 Å². The summed E-state index contributed by atoms with van der Waals surface area (Å²) < 4.78 is 11.5. The Kier molecular flexibility index (Phi) is 6.73. The summed E-state index contributed by atoms with van der Waals surface area (Å²) in [4.78, 5) is 18.1. The number of nitrogens with zero attached hydrogens (tertiary/aromatic N) is 2. The predicted octanol–water partition coefficient (Wildman–Crippen LogP) is 3.54. The Morgan fingerprint density at radius 3 is 2.81 bits per heavy atom. The van der Waals surface area contributed by atoms with Gasteiger partial charge in [-0.3, -0.25) is 4.79 Å². The molecule has 0 saturated heterocycles. The molecule has 0 spiro atoms. The van der Waals surface area contributed by atoms with Gasteiger partial charge in [-0.05, 0) is 63.0 Å². The van der Waals surface area contributed by atoms with Crippen molar-refractivity contribution in [3.8, 4) is 6.19 Å². The van der Waals surface area contributed by atoms with Crippen molar-refractivity contribution >= 4 is 16.9 Å². The molecular formula is C25H33N3O4. The van der Waals surface area contributed by atoms with Crippen molar-refractivity contribution < 1.29 is 19.4 Å². The zero-order valence-electron chi connectivity index (χ0n) is 19.1. The Morgan fingerprint density at radius 1 is 1.31 bits per heavy atom. The second-order valence-electron chi connectivity index (χ2n) is 9.39. The van der Waals surface area contributed by atoms with Crippen molar-refractivity contribution in [1.82, 2.24) is 9.88 Å². The first-order valence-electron chi connectivity index (χ1n) is 11.6. The molecule has 32 heavy (non-hydrogen) atoms. The standard InChI is InChI=1S/C25H33N3O4/c1-15(2)32-22-12-19-16(8-9-21(29)23(19)25(30)31-3)13-28(14-26)11-10-18-17-6-4-5-7-20(17)27-24(18)22/h4-7,15-16,19,21-23,27,29H,8-13H2,1-3H3/t16-,19-,21-,22-,23+/m0/s1. The van der Waals surface area contributed by atoms with Gasteiger partial charge in [0.05, 0.1) is 31.3 Å². The van der Waals surface area contributed by atoms with Gasteiger partial charge in [0.2, 0.25) is 0 Å². The molecule has 7 nitrogen and oxygen atoms in total. The van der Waals surface area contributed by atoms with E-state index in [-0.39, 0.29) is 30.0 Å². The lowest BCUT2D eigenvalue weighted by Crippen LogP contribution is -2.47. The monoisotopic (exact) mass is 439 g/mol. The molecule has 172 valence electrons. The molecule has 5 atom stereocenters. The van der Waals surface area contributed by atoms with Crippen molar-refractivity contribution in [3.63, 3.8) is 0 Å². The molecule has 0 radical (unpaired) electrons. The molecule has 1 aromatic carbocycles. The number of aromatic nitrogens is 1. The molecule has 0 amide bonds. The molecular weight excluding hydrogens is 406 g/mol. The zero-order chi connectivity index (χ0) is 22.8. The van der Waals surface area contributed by atoms with E-state index in [1.165, 1.54) is 7.11 Å². The maximum absolute atomic E-state index is 12.7. The zero-order valence-corrected chi connectivity index (χ0v) is 19.1. The first kappa shape index (κ1) is 22.6. The van der Waals surface area contributed by atoms with Crippen LogP contribution in [0, 0.1) is 29.2 Å². The van der Waals surface area contributed by atoms with Crippen LogP contribution in [-0.2, 0) is 20.7 Å². The van der Waals surface area contributed by atoms with E-state index in [4.69, 9.17) is 9.47 Å². The van der Waals surface area contributed by atoms with Gasteiger partial charge in [-0.15, -0.1) is 0 Å². The van der Waals surface area contributed by atoms with Crippen LogP contribution in [0.25, 0.3) is 10.9 Å². The van der Waals surface area contributed by atoms with Gasteiger partial charge in [0, 0.05) is 29.7 Å². The van der Waals surface area contributed by atoms with Crippen molar-refractivity contribution in [2.75, 3.05) is 20.2 Å². The summed E-state index contributed by atoms with van der Waals surface area (Å²) in [5, 5.41) is 21.7. The van der Waals surface area contributed by atoms with Gasteiger partial charge in [-0.25, -0.2) is 0 Å². The minimum absolute atomic E-state index is 0.00125. The molecule has 1 aliphatic heterocycles. The summed E-state index contributed by atoms with van der Waals surface area (Å²) in [5.74, 6) is -1.05. The van der Waals surface area contributed by atoms with Crippen molar-refractivity contribution in [2.45, 2.75) is 57.8 Å². The first-order chi connectivity index (χ1) is 15.4. The highest BCUT2D eigenvalue weighted by Crippen LogP contribution is 2.44. The predicted molar refractivity (Wildman–Crippen MR) is 120 cm³/mol. The average Bonchev–Trinajstić information content (AvgIpc) is 3.15. The molecule has 0 bridgehead atoms. The fraction of sp³-hybridized carbons (Fsp3) is 0.600. The number of benzene rings is 1. The van der Waals surface area contributed by atoms with Crippen molar-refractivity contribution in [3.05, 3.63) is 35.5 Å². The fourth-order valence-electron chi connectivity index (χ4n) is 5.68. The summed E-state index contributed by atoms with van der Waals surface area (Å²) in [6.07, 6.45) is 3.99. The Labute approximate surface area is 189 Å². The normalized spacial score (nSPS) is 28.6. The van der Waals surface area contributed by atoms with E-state index in [1.54, 1.807) is 4.90 Å². The van der Waals surface area contributed by atoms with Crippen LogP contribution in [0.1, 0.15) is 50.5 Å². The minimum Gasteiger partial charge on any atom is -0.469 e. The number of nitrogens with one attached hydrogen (secondary N) is 1. The molecule has 1 fully saturated rings. The van der Waals surface area contributed by atoms with E-state index in [2.05, 4.69) is 23.3 Å². The van der Waals surface area contributed by atoms with Gasteiger partial charge in [0.15, 0.2) is 6.19 Å². The molecule has 2 aromatic rings. The highest BCUT2D eigenvalue weighted by molar-refractivity contribution is 5.84. The van der Waals surface area contributed by atoms with Gasteiger partial charge in [-0.1, -0.05) is 18.2 Å². The van der Waals surface area contributed by atoms with Gasteiger partial charge in [0.1, 0.15) is 0 Å². The van der Waals surface area contributed by atoms with Crippen LogP contribution in [0.15, 0.2) is 24.3 Å². The number of esters is 1. The Balaban J connectivity index is 1.83. The van der Waals surface area contributed by atoms with Gasteiger partial charge < -0.3 is 24.5 Å². The Bertz CT molecular complexity index is 995. The number of nitriles is 1. The van der Waals surface area contributed by atoms with Gasteiger partial charge in [0.25, 0.3) is 0 Å². The number of H-pyrrole nitrogens is 1. The van der Waals surface area contributed by atoms with Crippen molar-refractivity contribution in [2.24, 2.45) is 17.8 Å². The number of rotatable bonds is 3. The van der Waals surface area contributed by atoms with Crippen LogP contribution in [0.5, 0.6) is 0 Å². The quantitative estimate of drug-likeness (QED) is 0.561. The van der Waals surface area contributed by atoms with Gasteiger partial charge in [-0.2, -0.15) is 5.26 Å². The number of aliphatic hydroxyl groups excluding tert-OH is 1. The summed E-state index contributed by atoms with van der Waals surface area (Å²) in [7, 11) is 1.37. The molecule has 1 aliphatic carbocycles. The molecule has 2 heterocycles. The lowest BCUT2D eigenvalue weighted by molar-refractivity contribution is -0.158. The smallest absolute Gasteiger partial charge is 0.311 e. The summed E-state index contributed by atoms with van der Waals surface area (Å²) in [5.41, 5.74) is 3.22. The van der Waals surface area contributed by atoms with E-state index < -0.39 is 12.0 Å². The Morgan fingerprint density at radius 2 is 2.09 bits per heavy atom. The first-order valence-corrected chi connectivity index (χ1v) is 11.6. The largest absolute Gasteiger partial charge is 0.469 e.